The Balaban J connectivity index is 1.63. The molecule has 0 radical (unpaired) electrons. The minimum atomic E-state index is -0.524. The van der Waals surface area contributed by atoms with E-state index in [0.717, 1.165) is 23.5 Å². The Morgan fingerprint density at radius 2 is 2.21 bits per heavy atom. The van der Waals surface area contributed by atoms with Crippen molar-refractivity contribution in [1.29, 1.82) is 0 Å². The lowest BCUT2D eigenvalue weighted by molar-refractivity contribution is 0.0561. The first-order chi connectivity index (χ1) is 11.6. The molecule has 24 heavy (non-hydrogen) atoms. The summed E-state index contributed by atoms with van der Waals surface area (Å²) in [6.45, 7) is 2.13. The molecule has 1 amide bonds. The predicted molar refractivity (Wildman–Crippen MR) is 86.0 cm³/mol. The Morgan fingerprint density at radius 3 is 2.96 bits per heavy atom. The maximum atomic E-state index is 11.4. The second-order valence-corrected chi connectivity index (χ2v) is 6.31. The number of ether oxygens (including phenoxy) is 2. The highest BCUT2D eigenvalue weighted by atomic mass is 32.1. The van der Waals surface area contributed by atoms with E-state index in [1.54, 1.807) is 12.1 Å². The van der Waals surface area contributed by atoms with Crippen LogP contribution in [0.25, 0.3) is 0 Å². The number of furan rings is 1. The number of nitrogens with one attached hydrogen (secondary N) is 1. The maximum Gasteiger partial charge on any atom is 0.413 e. The molecule has 0 saturated heterocycles. The molecule has 2 aromatic heterocycles. The third-order valence-electron chi connectivity index (χ3n) is 3.63. The van der Waals surface area contributed by atoms with Gasteiger partial charge in [-0.1, -0.05) is 11.3 Å². The summed E-state index contributed by atoms with van der Waals surface area (Å²) in [5, 5.41) is 3.13. The van der Waals surface area contributed by atoms with E-state index in [1.165, 1.54) is 25.6 Å². The standard InChI is InChI=1S/C15H17N3O5S/c1-21-13(19)11-4-3-9(23-11)7-18-6-5-10-12(8-18)24-14(16-10)17-15(20)22-2/h3-4H,5-8H2,1-2H3,(H,16,17,20). The van der Waals surface area contributed by atoms with Gasteiger partial charge in [0.25, 0.3) is 0 Å². The number of rotatable bonds is 4. The summed E-state index contributed by atoms with van der Waals surface area (Å²) in [5.41, 5.74) is 0.998. The predicted octanol–water partition coefficient (Wildman–Crippen LogP) is 2.26. The van der Waals surface area contributed by atoms with Crippen LogP contribution in [0.15, 0.2) is 16.5 Å². The van der Waals surface area contributed by atoms with Crippen molar-refractivity contribution in [2.75, 3.05) is 26.1 Å². The lowest BCUT2D eigenvalue weighted by Gasteiger charge is -2.24. The smallest absolute Gasteiger partial charge is 0.413 e. The molecule has 3 heterocycles. The Labute approximate surface area is 142 Å². The SMILES string of the molecule is COC(=O)Nc1nc2c(s1)CN(Cc1ccc(C(=O)OC)o1)CC2. The van der Waals surface area contributed by atoms with Gasteiger partial charge in [0.05, 0.1) is 26.5 Å². The van der Waals surface area contributed by atoms with Crippen LogP contribution in [0.1, 0.15) is 26.9 Å². The van der Waals surface area contributed by atoms with E-state index in [2.05, 4.69) is 24.7 Å². The molecule has 0 aromatic carbocycles. The van der Waals surface area contributed by atoms with E-state index in [-0.39, 0.29) is 5.76 Å². The monoisotopic (exact) mass is 351 g/mol. The van der Waals surface area contributed by atoms with Gasteiger partial charge in [0, 0.05) is 24.4 Å². The molecule has 1 N–H and O–H groups in total. The highest BCUT2D eigenvalue weighted by molar-refractivity contribution is 7.15. The topological polar surface area (TPSA) is 93.9 Å². The number of hydrogen-bond acceptors (Lipinski definition) is 8. The van der Waals surface area contributed by atoms with Crippen LogP contribution in [0.3, 0.4) is 0 Å². The van der Waals surface area contributed by atoms with Crippen LogP contribution >= 0.6 is 11.3 Å². The highest BCUT2D eigenvalue weighted by Gasteiger charge is 2.22. The van der Waals surface area contributed by atoms with Crippen LogP contribution in [0.2, 0.25) is 0 Å². The Kier molecular flexibility index (Phi) is 4.81. The summed E-state index contributed by atoms with van der Waals surface area (Å²) in [7, 11) is 2.64. The number of nitrogens with zero attached hydrogens (tertiary/aromatic N) is 2. The number of fused-ring (bicyclic) bond motifs is 1. The van der Waals surface area contributed by atoms with Crippen molar-refractivity contribution in [3.63, 3.8) is 0 Å². The van der Waals surface area contributed by atoms with Crippen molar-refractivity contribution >= 4 is 28.5 Å². The molecule has 1 aliphatic heterocycles. The number of amides is 1. The van der Waals surface area contributed by atoms with Gasteiger partial charge in [0.2, 0.25) is 5.76 Å². The van der Waals surface area contributed by atoms with Gasteiger partial charge in [0.15, 0.2) is 5.13 Å². The summed E-state index contributed by atoms with van der Waals surface area (Å²) in [5.74, 6) is 0.423. The summed E-state index contributed by atoms with van der Waals surface area (Å²) < 4.78 is 14.7. The van der Waals surface area contributed by atoms with E-state index in [0.29, 0.717) is 24.0 Å². The van der Waals surface area contributed by atoms with Crippen LogP contribution in [0.5, 0.6) is 0 Å². The Bertz CT molecular complexity index is 754. The molecular weight excluding hydrogens is 334 g/mol. The van der Waals surface area contributed by atoms with E-state index >= 15 is 0 Å². The summed E-state index contributed by atoms with van der Waals surface area (Å²) >= 11 is 1.44. The lowest BCUT2D eigenvalue weighted by atomic mass is 10.2. The van der Waals surface area contributed by atoms with Gasteiger partial charge in [-0.15, -0.1) is 0 Å². The third kappa shape index (κ3) is 3.57. The molecule has 0 aliphatic carbocycles. The minimum absolute atomic E-state index is 0.201. The van der Waals surface area contributed by atoms with Crippen molar-refractivity contribution in [1.82, 2.24) is 9.88 Å². The van der Waals surface area contributed by atoms with Crippen LogP contribution in [-0.2, 0) is 29.0 Å². The molecule has 0 unspecified atom stereocenters. The summed E-state index contributed by atoms with van der Waals surface area (Å²) in [6.07, 6.45) is 0.267. The molecule has 0 fully saturated rings. The van der Waals surface area contributed by atoms with Crippen molar-refractivity contribution in [3.05, 3.63) is 34.2 Å². The Hall–Kier alpha value is -2.39. The van der Waals surface area contributed by atoms with Crippen LogP contribution < -0.4 is 5.32 Å². The maximum absolute atomic E-state index is 11.4. The molecule has 8 nitrogen and oxygen atoms in total. The number of thiazole rings is 1. The second-order valence-electron chi connectivity index (χ2n) is 5.22. The Morgan fingerprint density at radius 1 is 1.38 bits per heavy atom. The molecule has 3 rings (SSSR count). The molecule has 0 bridgehead atoms. The zero-order valence-electron chi connectivity index (χ0n) is 13.3. The van der Waals surface area contributed by atoms with Crippen molar-refractivity contribution in [3.8, 4) is 0 Å². The quantitative estimate of drug-likeness (QED) is 0.844. The number of hydrogen-bond donors (Lipinski definition) is 1. The largest absolute Gasteiger partial charge is 0.463 e. The fourth-order valence-corrected chi connectivity index (χ4v) is 3.50. The lowest BCUT2D eigenvalue weighted by Crippen LogP contribution is -2.29. The molecule has 0 atom stereocenters. The molecule has 128 valence electrons. The van der Waals surface area contributed by atoms with Crippen LogP contribution in [0.4, 0.5) is 9.93 Å². The summed E-state index contributed by atoms with van der Waals surface area (Å²) in [4.78, 5) is 30.4. The minimum Gasteiger partial charge on any atom is -0.463 e. The number of carbonyl (C=O) groups excluding carboxylic acids is 2. The van der Waals surface area contributed by atoms with E-state index < -0.39 is 12.1 Å². The fraction of sp³-hybridized carbons (Fsp3) is 0.400. The normalized spacial score (nSPS) is 14.1. The number of esters is 1. The number of anilines is 1. The van der Waals surface area contributed by atoms with E-state index in [9.17, 15) is 9.59 Å². The van der Waals surface area contributed by atoms with Gasteiger partial charge < -0.3 is 13.9 Å². The average Bonchev–Trinajstić information content (AvgIpc) is 3.20. The zero-order chi connectivity index (χ0) is 17.1. The molecule has 9 heteroatoms. The summed E-state index contributed by atoms with van der Waals surface area (Å²) in [6, 6.07) is 3.39. The molecule has 1 aliphatic rings. The van der Waals surface area contributed by atoms with Crippen molar-refractivity contribution in [2.24, 2.45) is 0 Å². The van der Waals surface area contributed by atoms with Gasteiger partial charge in [-0.2, -0.15) is 0 Å². The fourth-order valence-electron chi connectivity index (χ4n) is 2.47. The number of methoxy groups -OCH3 is 2. The van der Waals surface area contributed by atoms with Crippen molar-refractivity contribution in [2.45, 2.75) is 19.5 Å². The number of carbonyl (C=O) groups is 2. The third-order valence-corrected chi connectivity index (χ3v) is 4.63. The molecular formula is C15H17N3O5S. The van der Waals surface area contributed by atoms with Gasteiger partial charge in [-0.3, -0.25) is 10.2 Å². The second kappa shape index (κ2) is 7.02. The van der Waals surface area contributed by atoms with Crippen LogP contribution in [-0.4, -0.2) is 42.7 Å². The first-order valence-electron chi connectivity index (χ1n) is 7.32. The highest BCUT2D eigenvalue weighted by Crippen LogP contribution is 2.29. The van der Waals surface area contributed by atoms with E-state index in [1.807, 2.05) is 0 Å². The van der Waals surface area contributed by atoms with Crippen LogP contribution in [0, 0.1) is 0 Å². The number of aromatic nitrogens is 1. The van der Waals surface area contributed by atoms with Gasteiger partial charge in [0.1, 0.15) is 5.76 Å². The van der Waals surface area contributed by atoms with Gasteiger partial charge in [-0.25, -0.2) is 14.6 Å². The molecule has 0 saturated carbocycles. The van der Waals surface area contributed by atoms with Gasteiger partial charge >= 0.3 is 12.1 Å². The average molecular weight is 351 g/mol. The first-order valence-corrected chi connectivity index (χ1v) is 8.13. The molecule has 0 spiro atoms. The molecule has 2 aromatic rings. The van der Waals surface area contributed by atoms with Gasteiger partial charge in [-0.05, 0) is 12.1 Å². The zero-order valence-corrected chi connectivity index (χ0v) is 14.1. The van der Waals surface area contributed by atoms with Crippen molar-refractivity contribution < 1.29 is 23.5 Å². The first kappa shape index (κ1) is 16.5. The van der Waals surface area contributed by atoms with E-state index in [4.69, 9.17) is 4.42 Å².